The lowest BCUT2D eigenvalue weighted by molar-refractivity contribution is 0.0991. The summed E-state index contributed by atoms with van der Waals surface area (Å²) in [6, 6.07) is 17.5. The van der Waals surface area contributed by atoms with Gasteiger partial charge in [0.05, 0.1) is 9.65 Å². The quantitative estimate of drug-likeness (QED) is 0.533. The maximum absolute atomic E-state index is 12.3. The summed E-state index contributed by atoms with van der Waals surface area (Å²) in [7, 11) is 0. The molecule has 2 atom stereocenters. The summed E-state index contributed by atoms with van der Waals surface area (Å²) in [5.74, 6) is 0.0862. The minimum absolute atomic E-state index is 0.0409. The first-order valence-corrected chi connectivity index (χ1v) is 7.86. The summed E-state index contributed by atoms with van der Waals surface area (Å²) >= 11 is 7.11. The third-order valence-corrected chi connectivity index (χ3v) is 5.67. The number of hydrogen-bond donors (Lipinski definition) is 0. The molecule has 2 aromatic rings. The van der Waals surface area contributed by atoms with Gasteiger partial charge in [0.25, 0.3) is 0 Å². The van der Waals surface area contributed by atoms with Crippen molar-refractivity contribution >= 4 is 37.6 Å². The van der Waals surface area contributed by atoms with Crippen LogP contribution in [0.3, 0.4) is 0 Å². The van der Waals surface area contributed by atoms with Crippen LogP contribution in [-0.4, -0.2) is 10.6 Å². The van der Waals surface area contributed by atoms with Crippen molar-refractivity contribution in [1.29, 1.82) is 0 Å². The molecule has 19 heavy (non-hydrogen) atoms. The molecule has 1 nitrogen and oxygen atoms in total. The van der Waals surface area contributed by atoms with Gasteiger partial charge in [-0.1, -0.05) is 92.0 Å². The summed E-state index contributed by atoms with van der Waals surface area (Å²) in [4.78, 5) is 12.0. The number of Topliss-reactive ketones (excluding diaryl/α,β-unsaturated/α-hetero) is 1. The van der Waals surface area contributed by atoms with Crippen LogP contribution in [0.1, 0.15) is 26.3 Å². The lowest BCUT2D eigenvalue weighted by atomic mass is 10.0. The van der Waals surface area contributed by atoms with E-state index in [9.17, 15) is 4.79 Å². The molecule has 2 rings (SSSR count). The van der Waals surface area contributed by atoms with E-state index in [1.807, 2.05) is 49.4 Å². The second-order valence-electron chi connectivity index (χ2n) is 4.44. The summed E-state index contributed by atoms with van der Waals surface area (Å²) < 4.78 is 0. The van der Waals surface area contributed by atoms with E-state index in [1.54, 1.807) is 0 Å². The molecule has 0 aromatic heterocycles. The third-order valence-electron chi connectivity index (χ3n) is 2.96. The Morgan fingerprint density at radius 3 is 2.11 bits per heavy atom. The van der Waals surface area contributed by atoms with Gasteiger partial charge in [-0.05, 0) is 12.5 Å². The van der Waals surface area contributed by atoms with Crippen LogP contribution in [0.15, 0.2) is 54.6 Å². The van der Waals surface area contributed by atoms with Crippen LogP contribution in [0.25, 0.3) is 0 Å². The van der Waals surface area contributed by atoms with Gasteiger partial charge in [0.2, 0.25) is 0 Å². The lowest BCUT2D eigenvalue weighted by Crippen LogP contribution is -2.19. The molecule has 0 bridgehead atoms. The van der Waals surface area contributed by atoms with Gasteiger partial charge in [-0.25, -0.2) is 0 Å². The molecule has 98 valence electrons. The highest BCUT2D eigenvalue weighted by molar-refractivity contribution is 9.12. The number of rotatable bonds is 4. The Bertz CT molecular complexity index is 549. The van der Waals surface area contributed by atoms with E-state index in [2.05, 4.69) is 44.0 Å². The molecule has 3 heteroatoms. The molecule has 0 spiro atoms. The van der Waals surface area contributed by atoms with Crippen LogP contribution >= 0.6 is 31.9 Å². The minimum Gasteiger partial charge on any atom is -0.293 e. The normalized spacial score (nSPS) is 13.8. The van der Waals surface area contributed by atoms with Crippen LogP contribution in [0.4, 0.5) is 0 Å². The van der Waals surface area contributed by atoms with Crippen LogP contribution in [0.5, 0.6) is 0 Å². The van der Waals surface area contributed by atoms with Crippen molar-refractivity contribution in [2.75, 3.05) is 0 Å². The number of hydrogen-bond acceptors (Lipinski definition) is 1. The number of aryl methyl sites for hydroxylation is 1. The van der Waals surface area contributed by atoms with Gasteiger partial charge in [0.15, 0.2) is 5.78 Å². The summed E-state index contributed by atoms with van der Waals surface area (Å²) in [6.45, 7) is 2.05. The van der Waals surface area contributed by atoms with E-state index >= 15 is 0 Å². The second-order valence-corrected chi connectivity index (χ2v) is 6.42. The predicted molar refractivity (Wildman–Crippen MR) is 86.3 cm³/mol. The minimum atomic E-state index is -0.280. The highest BCUT2D eigenvalue weighted by Gasteiger charge is 2.25. The molecule has 0 heterocycles. The Labute approximate surface area is 130 Å². The fraction of sp³-hybridized carbons (Fsp3) is 0.188. The Morgan fingerprint density at radius 2 is 1.53 bits per heavy atom. The van der Waals surface area contributed by atoms with E-state index in [4.69, 9.17) is 0 Å². The topological polar surface area (TPSA) is 17.1 Å². The van der Waals surface area contributed by atoms with E-state index in [1.165, 1.54) is 5.56 Å². The van der Waals surface area contributed by atoms with Crippen LogP contribution in [-0.2, 0) is 0 Å². The smallest absolute Gasteiger partial charge is 0.177 e. The fourth-order valence-electron chi connectivity index (χ4n) is 1.81. The zero-order valence-corrected chi connectivity index (χ0v) is 13.7. The molecular formula is C16H14Br2O. The first-order valence-electron chi connectivity index (χ1n) is 6.03. The largest absolute Gasteiger partial charge is 0.293 e. The number of halogens is 2. The van der Waals surface area contributed by atoms with Gasteiger partial charge in [-0.2, -0.15) is 0 Å². The Morgan fingerprint density at radius 1 is 0.947 bits per heavy atom. The van der Waals surface area contributed by atoms with Crippen LogP contribution < -0.4 is 0 Å². The molecule has 0 saturated carbocycles. The molecule has 0 saturated heterocycles. The summed E-state index contributed by atoms with van der Waals surface area (Å²) in [5.41, 5.74) is 3.03. The van der Waals surface area contributed by atoms with Gasteiger partial charge in [-0.15, -0.1) is 0 Å². The Kier molecular flexibility index (Phi) is 4.94. The third kappa shape index (κ3) is 3.54. The molecular weight excluding hydrogens is 368 g/mol. The molecule has 2 aromatic carbocycles. The highest BCUT2D eigenvalue weighted by Crippen LogP contribution is 2.33. The lowest BCUT2D eigenvalue weighted by Gasteiger charge is -2.16. The molecule has 0 fully saturated rings. The molecule has 0 unspecified atom stereocenters. The van der Waals surface area contributed by atoms with Gasteiger partial charge < -0.3 is 0 Å². The zero-order chi connectivity index (χ0) is 13.8. The molecule has 0 aliphatic carbocycles. The van der Waals surface area contributed by atoms with E-state index in [0.29, 0.717) is 0 Å². The van der Waals surface area contributed by atoms with Crippen molar-refractivity contribution in [3.63, 3.8) is 0 Å². The van der Waals surface area contributed by atoms with Crippen LogP contribution in [0.2, 0.25) is 0 Å². The summed E-state index contributed by atoms with van der Waals surface area (Å²) in [6.07, 6.45) is 0. The average molecular weight is 382 g/mol. The first-order chi connectivity index (χ1) is 9.09. The van der Waals surface area contributed by atoms with Gasteiger partial charge in [0, 0.05) is 5.56 Å². The van der Waals surface area contributed by atoms with Gasteiger partial charge >= 0.3 is 0 Å². The SMILES string of the molecule is Cc1ccc([C@@H](Br)[C@@H](Br)C(=O)c2ccccc2)cc1. The van der Waals surface area contributed by atoms with E-state index in [0.717, 1.165) is 11.1 Å². The monoisotopic (exact) mass is 380 g/mol. The van der Waals surface area contributed by atoms with Crippen molar-refractivity contribution in [1.82, 2.24) is 0 Å². The standard InChI is InChI=1S/C16H14Br2O/c1-11-7-9-12(10-8-11)14(17)15(18)16(19)13-5-3-2-4-6-13/h2-10,14-15H,1H3/t14-,15-/m1/s1. The highest BCUT2D eigenvalue weighted by atomic mass is 79.9. The van der Waals surface area contributed by atoms with Crippen LogP contribution in [0, 0.1) is 6.92 Å². The fourth-order valence-corrected chi connectivity index (χ4v) is 2.93. The molecule has 0 N–H and O–H groups in total. The Balaban J connectivity index is 2.17. The van der Waals surface area contributed by atoms with Gasteiger partial charge in [-0.3, -0.25) is 4.79 Å². The zero-order valence-electron chi connectivity index (χ0n) is 10.5. The van der Waals surface area contributed by atoms with Crippen molar-refractivity contribution in [3.8, 4) is 0 Å². The number of ketones is 1. The molecule has 0 aliphatic heterocycles. The maximum Gasteiger partial charge on any atom is 0.177 e. The van der Waals surface area contributed by atoms with E-state index < -0.39 is 0 Å². The van der Waals surface area contributed by atoms with E-state index in [-0.39, 0.29) is 15.4 Å². The maximum atomic E-state index is 12.3. The van der Waals surface area contributed by atoms with Gasteiger partial charge in [0.1, 0.15) is 0 Å². The number of alkyl halides is 2. The molecule has 0 amide bonds. The summed E-state index contributed by atoms with van der Waals surface area (Å²) in [5, 5.41) is 0. The molecule has 0 aliphatic rings. The van der Waals surface area contributed by atoms with Crippen molar-refractivity contribution < 1.29 is 4.79 Å². The Hall–Kier alpha value is -0.930. The number of benzene rings is 2. The average Bonchev–Trinajstić information content (AvgIpc) is 2.46. The van der Waals surface area contributed by atoms with Crippen molar-refractivity contribution in [2.45, 2.75) is 16.6 Å². The second kappa shape index (κ2) is 6.49. The first kappa shape index (κ1) is 14.5. The van der Waals surface area contributed by atoms with Crippen molar-refractivity contribution in [3.05, 3.63) is 71.3 Å². The van der Waals surface area contributed by atoms with Crippen molar-refractivity contribution in [2.24, 2.45) is 0 Å². The predicted octanol–water partition coefficient (Wildman–Crippen LogP) is 5.08. The number of carbonyl (C=O) groups is 1. The molecule has 0 radical (unpaired) electrons. The number of carbonyl (C=O) groups excluding carboxylic acids is 1.